The molecule has 1 fully saturated rings. The van der Waals surface area contributed by atoms with Gasteiger partial charge in [0, 0.05) is 11.6 Å². The lowest BCUT2D eigenvalue weighted by atomic mass is 9.75. The number of aliphatic hydroxyl groups is 1. The molecule has 0 atom stereocenters. The van der Waals surface area contributed by atoms with Crippen molar-refractivity contribution < 1.29 is 18.7 Å². The Morgan fingerprint density at radius 1 is 1.62 bits per heavy atom. The van der Waals surface area contributed by atoms with Gasteiger partial charge in [0.15, 0.2) is 5.13 Å². The SMILES string of the molecule is O=C(Nc1nccs1)C(F)(F)C1(O)CCC1. The number of alkyl halides is 2. The van der Waals surface area contributed by atoms with Gasteiger partial charge in [-0.3, -0.25) is 10.1 Å². The first-order chi connectivity index (χ1) is 7.46. The quantitative estimate of drug-likeness (QED) is 0.854. The molecule has 4 nitrogen and oxygen atoms in total. The van der Waals surface area contributed by atoms with Crippen molar-refractivity contribution in [3.05, 3.63) is 11.6 Å². The van der Waals surface area contributed by atoms with E-state index in [9.17, 15) is 18.7 Å². The molecule has 0 aromatic carbocycles. The van der Waals surface area contributed by atoms with Gasteiger partial charge in [-0.1, -0.05) is 0 Å². The van der Waals surface area contributed by atoms with Crippen molar-refractivity contribution in [2.45, 2.75) is 30.8 Å². The van der Waals surface area contributed by atoms with E-state index in [4.69, 9.17) is 0 Å². The molecule has 1 aromatic rings. The number of nitrogens with one attached hydrogen (secondary N) is 1. The Balaban J connectivity index is 2.08. The number of carbonyl (C=O) groups excluding carboxylic acids is 1. The summed E-state index contributed by atoms with van der Waals surface area (Å²) in [5, 5.41) is 13.2. The van der Waals surface area contributed by atoms with E-state index >= 15 is 0 Å². The maximum atomic E-state index is 13.6. The Morgan fingerprint density at radius 2 is 2.31 bits per heavy atom. The summed E-state index contributed by atoms with van der Waals surface area (Å²) in [5.74, 6) is -5.26. The molecule has 2 rings (SSSR count). The lowest BCUT2D eigenvalue weighted by Crippen LogP contribution is -2.59. The lowest BCUT2D eigenvalue weighted by molar-refractivity contribution is -0.212. The molecule has 1 heterocycles. The molecule has 1 saturated carbocycles. The van der Waals surface area contributed by atoms with Crippen LogP contribution in [-0.2, 0) is 4.79 Å². The lowest BCUT2D eigenvalue weighted by Gasteiger charge is -2.41. The zero-order valence-corrected chi connectivity index (χ0v) is 9.06. The summed E-state index contributed by atoms with van der Waals surface area (Å²) >= 11 is 1.05. The zero-order valence-electron chi connectivity index (χ0n) is 8.24. The highest BCUT2D eigenvalue weighted by atomic mass is 32.1. The fourth-order valence-electron chi connectivity index (χ4n) is 1.50. The Labute approximate surface area is 94.3 Å². The Hall–Kier alpha value is -1.08. The largest absolute Gasteiger partial charge is 0.383 e. The summed E-state index contributed by atoms with van der Waals surface area (Å²) in [7, 11) is 0. The van der Waals surface area contributed by atoms with E-state index in [1.165, 1.54) is 6.20 Å². The fraction of sp³-hybridized carbons (Fsp3) is 0.556. The molecule has 1 aliphatic rings. The van der Waals surface area contributed by atoms with Crippen LogP contribution < -0.4 is 5.32 Å². The fourth-order valence-corrected chi connectivity index (χ4v) is 2.02. The Kier molecular flexibility index (Phi) is 2.67. The summed E-state index contributed by atoms with van der Waals surface area (Å²) < 4.78 is 27.1. The van der Waals surface area contributed by atoms with E-state index in [0.717, 1.165) is 11.3 Å². The predicted molar refractivity (Wildman–Crippen MR) is 54.5 cm³/mol. The first-order valence-corrected chi connectivity index (χ1v) is 5.65. The summed E-state index contributed by atoms with van der Waals surface area (Å²) in [6.45, 7) is 0. The van der Waals surface area contributed by atoms with Gasteiger partial charge in [-0.25, -0.2) is 4.98 Å². The number of hydrogen-bond donors (Lipinski definition) is 2. The van der Waals surface area contributed by atoms with Gasteiger partial charge >= 0.3 is 5.92 Å². The summed E-state index contributed by atoms with van der Waals surface area (Å²) in [5.41, 5.74) is -2.19. The van der Waals surface area contributed by atoms with Crippen LogP contribution in [0.1, 0.15) is 19.3 Å². The smallest absolute Gasteiger partial charge is 0.352 e. The number of hydrogen-bond acceptors (Lipinski definition) is 4. The maximum Gasteiger partial charge on any atom is 0.352 e. The second-order valence-corrected chi connectivity index (χ2v) is 4.65. The van der Waals surface area contributed by atoms with Crippen molar-refractivity contribution in [3.8, 4) is 0 Å². The van der Waals surface area contributed by atoms with Gasteiger partial charge in [-0.05, 0) is 19.3 Å². The molecule has 88 valence electrons. The van der Waals surface area contributed by atoms with E-state index in [1.807, 2.05) is 5.32 Å². The monoisotopic (exact) mass is 248 g/mol. The molecule has 16 heavy (non-hydrogen) atoms. The molecule has 1 aromatic heterocycles. The van der Waals surface area contributed by atoms with Crippen molar-refractivity contribution in [3.63, 3.8) is 0 Å². The number of rotatable bonds is 3. The van der Waals surface area contributed by atoms with Crippen LogP contribution in [0, 0.1) is 0 Å². The van der Waals surface area contributed by atoms with Gasteiger partial charge in [-0.15, -0.1) is 11.3 Å². The molecule has 0 radical (unpaired) electrons. The standard InChI is InChI=1S/C9H10F2N2O2S/c10-9(11,8(15)2-1-3-8)6(14)13-7-12-4-5-16-7/h4-5,15H,1-3H2,(H,12,13,14). The normalized spacial score (nSPS) is 18.9. The molecule has 7 heteroatoms. The molecule has 0 saturated heterocycles. The van der Waals surface area contributed by atoms with Crippen LogP contribution >= 0.6 is 11.3 Å². The predicted octanol–water partition coefficient (Wildman–Crippen LogP) is 1.63. The van der Waals surface area contributed by atoms with Crippen LogP contribution in [0.4, 0.5) is 13.9 Å². The highest BCUT2D eigenvalue weighted by molar-refractivity contribution is 7.13. The van der Waals surface area contributed by atoms with Crippen LogP contribution in [0.2, 0.25) is 0 Å². The van der Waals surface area contributed by atoms with Crippen LogP contribution in [0.5, 0.6) is 0 Å². The van der Waals surface area contributed by atoms with Gasteiger partial charge in [0.05, 0.1) is 0 Å². The van der Waals surface area contributed by atoms with Crippen molar-refractivity contribution in [2.75, 3.05) is 5.32 Å². The average Bonchev–Trinajstić information content (AvgIpc) is 2.66. The molecule has 0 aliphatic heterocycles. The molecule has 1 amide bonds. The van der Waals surface area contributed by atoms with E-state index < -0.39 is 17.4 Å². The third-order valence-corrected chi connectivity index (χ3v) is 3.39. The van der Waals surface area contributed by atoms with Crippen molar-refractivity contribution in [1.29, 1.82) is 0 Å². The van der Waals surface area contributed by atoms with Crippen LogP contribution in [-0.4, -0.2) is 27.5 Å². The number of carbonyl (C=O) groups is 1. The van der Waals surface area contributed by atoms with Gasteiger partial charge in [0.1, 0.15) is 5.60 Å². The van der Waals surface area contributed by atoms with E-state index in [-0.39, 0.29) is 18.0 Å². The molecular weight excluding hydrogens is 238 g/mol. The van der Waals surface area contributed by atoms with Gasteiger partial charge in [-0.2, -0.15) is 8.78 Å². The molecule has 0 unspecified atom stereocenters. The number of anilines is 1. The molecule has 2 N–H and O–H groups in total. The summed E-state index contributed by atoms with van der Waals surface area (Å²) in [4.78, 5) is 15.0. The topological polar surface area (TPSA) is 62.2 Å². The van der Waals surface area contributed by atoms with E-state index in [2.05, 4.69) is 4.98 Å². The molecule has 0 spiro atoms. The highest BCUT2D eigenvalue weighted by Gasteiger charge is 2.61. The minimum atomic E-state index is -3.77. The van der Waals surface area contributed by atoms with E-state index in [0.29, 0.717) is 6.42 Å². The summed E-state index contributed by atoms with van der Waals surface area (Å²) in [6, 6.07) is 0. The number of halogens is 2. The van der Waals surface area contributed by atoms with Gasteiger partial charge in [0.2, 0.25) is 0 Å². The number of nitrogens with zero attached hydrogens (tertiary/aromatic N) is 1. The van der Waals surface area contributed by atoms with Crippen LogP contribution in [0.3, 0.4) is 0 Å². The number of thiazole rings is 1. The number of aromatic nitrogens is 1. The van der Waals surface area contributed by atoms with E-state index in [1.54, 1.807) is 5.38 Å². The third-order valence-electron chi connectivity index (χ3n) is 2.70. The average molecular weight is 248 g/mol. The first-order valence-electron chi connectivity index (χ1n) is 4.77. The molecule has 1 aliphatic carbocycles. The van der Waals surface area contributed by atoms with Crippen molar-refractivity contribution in [2.24, 2.45) is 0 Å². The maximum absolute atomic E-state index is 13.6. The Bertz CT molecular complexity index is 390. The minimum Gasteiger partial charge on any atom is -0.383 e. The number of amides is 1. The Morgan fingerprint density at radius 3 is 2.75 bits per heavy atom. The van der Waals surface area contributed by atoms with Gasteiger partial charge in [0.25, 0.3) is 5.91 Å². The molecular formula is C9H10F2N2O2S. The van der Waals surface area contributed by atoms with Crippen LogP contribution in [0.25, 0.3) is 0 Å². The second kappa shape index (κ2) is 3.74. The second-order valence-electron chi connectivity index (χ2n) is 3.75. The van der Waals surface area contributed by atoms with Crippen molar-refractivity contribution >= 4 is 22.4 Å². The zero-order chi connectivity index (χ0) is 11.8. The first kappa shape index (κ1) is 11.4. The molecule has 0 bridgehead atoms. The highest BCUT2D eigenvalue weighted by Crippen LogP contribution is 2.44. The van der Waals surface area contributed by atoms with Crippen molar-refractivity contribution in [1.82, 2.24) is 4.98 Å². The minimum absolute atomic E-state index is 0.0503. The van der Waals surface area contributed by atoms with Gasteiger partial charge < -0.3 is 5.11 Å². The summed E-state index contributed by atoms with van der Waals surface area (Å²) in [6.07, 6.45) is 1.81. The third kappa shape index (κ3) is 1.69. The van der Waals surface area contributed by atoms with Crippen LogP contribution in [0.15, 0.2) is 11.6 Å².